The van der Waals surface area contributed by atoms with Gasteiger partial charge in [-0.1, -0.05) is 43.0 Å². The van der Waals surface area contributed by atoms with E-state index < -0.39 is 52.7 Å². The molecule has 44 heavy (non-hydrogen) atoms. The summed E-state index contributed by atoms with van der Waals surface area (Å²) in [6, 6.07) is 15.3. The molecule has 0 aliphatic heterocycles. The second kappa shape index (κ2) is 10.4. The SMILES string of the molecule is C=C(Nc1cc(N(C)C)c2c(c1O)C(O)=C1C(=O)[C@]3(O)C(=O)C(C(N)=O)C(O)C[C@@H]3C[C@@H]1C2)Nc1cccc2ccccc12. The Hall–Kier alpha value is -4.87. The van der Waals surface area contributed by atoms with Gasteiger partial charge >= 0.3 is 0 Å². The third-order valence-electron chi connectivity index (χ3n) is 9.20. The van der Waals surface area contributed by atoms with Gasteiger partial charge in [0.15, 0.2) is 11.4 Å². The Morgan fingerprint density at radius 2 is 1.73 bits per heavy atom. The van der Waals surface area contributed by atoms with Crippen molar-refractivity contribution in [3.63, 3.8) is 0 Å². The smallest absolute Gasteiger partial charge is 0.230 e. The number of aromatic hydroxyl groups is 1. The molecule has 0 bridgehead atoms. The van der Waals surface area contributed by atoms with Crippen molar-refractivity contribution in [1.82, 2.24) is 0 Å². The van der Waals surface area contributed by atoms with Crippen LogP contribution in [0.15, 0.2) is 66.5 Å². The van der Waals surface area contributed by atoms with E-state index >= 15 is 0 Å². The predicted octanol–water partition coefficient (Wildman–Crippen LogP) is 2.80. The first-order chi connectivity index (χ1) is 20.8. The van der Waals surface area contributed by atoms with Crippen LogP contribution in [0.2, 0.25) is 0 Å². The summed E-state index contributed by atoms with van der Waals surface area (Å²) in [5.41, 5.74) is 4.70. The van der Waals surface area contributed by atoms with Crippen molar-refractivity contribution in [3.05, 3.63) is 77.6 Å². The van der Waals surface area contributed by atoms with Crippen molar-refractivity contribution >= 4 is 51.1 Å². The highest BCUT2D eigenvalue weighted by Crippen LogP contribution is 2.53. The number of aliphatic hydroxyl groups excluding tert-OH is 2. The van der Waals surface area contributed by atoms with E-state index in [1.54, 1.807) is 20.2 Å². The zero-order valence-electron chi connectivity index (χ0n) is 24.3. The van der Waals surface area contributed by atoms with Gasteiger partial charge in [-0.3, -0.25) is 14.4 Å². The third kappa shape index (κ3) is 4.30. The largest absolute Gasteiger partial charge is 0.507 e. The number of amides is 1. The number of phenolic OH excluding ortho intramolecular Hbond substituents is 1. The van der Waals surface area contributed by atoms with Crippen LogP contribution in [0.3, 0.4) is 0 Å². The fraction of sp³-hybridized carbons (Fsp3) is 0.303. The monoisotopic (exact) mass is 598 g/mol. The Balaban J connectivity index is 1.40. The van der Waals surface area contributed by atoms with E-state index in [9.17, 15) is 34.8 Å². The van der Waals surface area contributed by atoms with Crippen LogP contribution in [0.5, 0.6) is 5.75 Å². The molecule has 0 radical (unpaired) electrons. The molecule has 2 unspecified atom stereocenters. The van der Waals surface area contributed by atoms with E-state index in [0.29, 0.717) is 17.1 Å². The van der Waals surface area contributed by atoms with Crippen molar-refractivity contribution in [2.75, 3.05) is 29.6 Å². The van der Waals surface area contributed by atoms with E-state index in [4.69, 9.17) is 5.73 Å². The van der Waals surface area contributed by atoms with Crippen molar-refractivity contribution in [3.8, 4) is 5.75 Å². The van der Waals surface area contributed by atoms with E-state index in [1.807, 2.05) is 47.4 Å². The molecule has 0 aromatic heterocycles. The Morgan fingerprint density at radius 1 is 1.05 bits per heavy atom. The van der Waals surface area contributed by atoms with Crippen molar-refractivity contribution < 1.29 is 34.8 Å². The molecule has 8 N–H and O–H groups in total. The van der Waals surface area contributed by atoms with Crippen LogP contribution in [0.1, 0.15) is 24.0 Å². The first kappa shape index (κ1) is 29.2. The average Bonchev–Trinajstić information content (AvgIpc) is 2.96. The van der Waals surface area contributed by atoms with Gasteiger partial charge in [-0.25, -0.2) is 0 Å². The number of primary amides is 1. The lowest BCUT2D eigenvalue weighted by atomic mass is 9.56. The van der Waals surface area contributed by atoms with Gasteiger partial charge in [0.25, 0.3) is 0 Å². The summed E-state index contributed by atoms with van der Waals surface area (Å²) in [5, 5.41) is 53.4. The number of nitrogens with one attached hydrogen (secondary N) is 2. The van der Waals surface area contributed by atoms with Crippen LogP contribution >= 0.6 is 0 Å². The molecule has 0 spiro atoms. The standard InChI is InChI=1S/C33H34N4O7/c1-15(35-21-10-6-8-16-7-4-5-9-19(16)21)36-22-14-23(37(2)3)20-12-17-11-18-13-24(38)27(32(34)43)31(42)33(18,44)30(41)25(17)29(40)26(20)28(22)39/h4-10,14,17-18,24,27,35-36,38-40,44H,1,11-13H2,2-3H3,(H2,34,43)/t17-,18+,24?,27?,33+/m1/s1. The van der Waals surface area contributed by atoms with Gasteiger partial charge in [-0.05, 0) is 48.3 Å². The first-order valence-corrected chi connectivity index (χ1v) is 14.3. The molecule has 3 aliphatic carbocycles. The number of aliphatic hydroxyl groups is 3. The highest BCUT2D eigenvalue weighted by Gasteiger charge is 2.64. The summed E-state index contributed by atoms with van der Waals surface area (Å²) in [5.74, 6) is -7.27. The minimum Gasteiger partial charge on any atom is -0.507 e. The Bertz CT molecular complexity index is 1790. The molecule has 6 rings (SSSR count). The van der Waals surface area contributed by atoms with Crippen molar-refractivity contribution in [1.29, 1.82) is 0 Å². The molecule has 3 aromatic rings. The van der Waals surface area contributed by atoms with Crippen LogP contribution in [0, 0.1) is 17.8 Å². The van der Waals surface area contributed by atoms with E-state index in [0.717, 1.165) is 16.5 Å². The van der Waals surface area contributed by atoms with Crippen molar-refractivity contribution in [2.24, 2.45) is 23.5 Å². The fourth-order valence-corrected chi connectivity index (χ4v) is 7.16. The van der Waals surface area contributed by atoms with Crippen LogP contribution in [-0.4, -0.2) is 63.7 Å². The molecule has 5 atom stereocenters. The highest BCUT2D eigenvalue weighted by molar-refractivity contribution is 6.24. The minimum atomic E-state index is -2.64. The van der Waals surface area contributed by atoms with Gasteiger partial charge < -0.3 is 41.7 Å². The number of carbonyl (C=O) groups is 3. The number of Topliss-reactive ketones (excluding diaryl/α,β-unsaturated/α-hetero) is 2. The lowest BCUT2D eigenvalue weighted by Gasteiger charge is -2.48. The zero-order chi connectivity index (χ0) is 31.7. The third-order valence-corrected chi connectivity index (χ3v) is 9.20. The van der Waals surface area contributed by atoms with Gasteiger partial charge in [0.05, 0.1) is 17.4 Å². The number of nitrogens with zero attached hydrogens (tertiary/aromatic N) is 1. The summed E-state index contributed by atoms with van der Waals surface area (Å²) >= 11 is 0. The molecule has 3 aliphatic rings. The molecule has 11 heteroatoms. The number of ketones is 2. The number of anilines is 3. The molecule has 1 amide bonds. The van der Waals surface area contributed by atoms with Gasteiger partial charge in [0.2, 0.25) is 11.7 Å². The number of hydrogen-bond donors (Lipinski definition) is 7. The molecule has 2 fully saturated rings. The molecular weight excluding hydrogens is 564 g/mol. The second-order valence-corrected chi connectivity index (χ2v) is 12.0. The van der Waals surface area contributed by atoms with Gasteiger partial charge in [-0.2, -0.15) is 0 Å². The Kier molecular flexibility index (Phi) is 6.90. The Labute approximate surface area is 253 Å². The van der Waals surface area contributed by atoms with Crippen LogP contribution in [-0.2, 0) is 20.8 Å². The Morgan fingerprint density at radius 3 is 2.43 bits per heavy atom. The molecular formula is C33H34N4O7. The minimum absolute atomic E-state index is 0.00643. The van der Waals surface area contributed by atoms with E-state index in [-0.39, 0.29) is 41.8 Å². The molecule has 11 nitrogen and oxygen atoms in total. The quantitative estimate of drug-likeness (QED) is 0.164. The number of hydrogen-bond acceptors (Lipinski definition) is 10. The van der Waals surface area contributed by atoms with Crippen molar-refractivity contribution in [2.45, 2.75) is 31.0 Å². The lowest BCUT2D eigenvalue weighted by Crippen LogP contribution is -2.66. The van der Waals surface area contributed by atoms with E-state index in [1.165, 1.54) is 0 Å². The van der Waals surface area contributed by atoms with Gasteiger partial charge in [0, 0.05) is 42.3 Å². The topological polar surface area (TPSA) is 185 Å². The number of phenols is 1. The number of rotatable bonds is 6. The highest BCUT2D eigenvalue weighted by atomic mass is 16.3. The number of fused-ring (bicyclic) bond motifs is 4. The molecule has 2 saturated carbocycles. The first-order valence-electron chi connectivity index (χ1n) is 14.3. The summed E-state index contributed by atoms with van der Waals surface area (Å²) in [4.78, 5) is 40.9. The summed E-state index contributed by atoms with van der Waals surface area (Å²) in [7, 11) is 3.61. The van der Waals surface area contributed by atoms with E-state index in [2.05, 4.69) is 17.2 Å². The number of benzene rings is 3. The number of carbonyl (C=O) groups excluding carboxylic acids is 3. The number of nitrogens with two attached hydrogens (primary N) is 1. The average molecular weight is 599 g/mol. The molecule has 0 heterocycles. The van der Waals surface area contributed by atoms with Gasteiger partial charge in [0.1, 0.15) is 23.2 Å². The maximum atomic E-state index is 13.9. The second-order valence-electron chi connectivity index (χ2n) is 12.0. The summed E-state index contributed by atoms with van der Waals surface area (Å²) in [6.07, 6.45) is -1.31. The maximum Gasteiger partial charge on any atom is 0.230 e. The lowest BCUT2D eigenvalue weighted by molar-refractivity contribution is -0.174. The zero-order valence-corrected chi connectivity index (χ0v) is 24.3. The fourth-order valence-electron chi connectivity index (χ4n) is 7.16. The summed E-state index contributed by atoms with van der Waals surface area (Å²) < 4.78 is 0. The summed E-state index contributed by atoms with van der Waals surface area (Å²) in [6.45, 7) is 4.06. The molecule has 3 aromatic carbocycles. The maximum absolute atomic E-state index is 13.9. The normalized spacial score (nSPS) is 26.0. The predicted molar refractivity (Wildman–Crippen MR) is 166 cm³/mol. The molecule has 0 saturated heterocycles. The van der Waals surface area contributed by atoms with Gasteiger partial charge in [-0.15, -0.1) is 0 Å². The molecule has 228 valence electrons. The van der Waals surface area contributed by atoms with Crippen LogP contribution in [0.4, 0.5) is 17.1 Å². The van der Waals surface area contributed by atoms with Crippen LogP contribution < -0.4 is 21.3 Å². The van der Waals surface area contributed by atoms with Crippen LogP contribution in [0.25, 0.3) is 16.5 Å².